The van der Waals surface area contributed by atoms with Gasteiger partial charge in [-0.05, 0) is 49.5 Å². The van der Waals surface area contributed by atoms with Gasteiger partial charge in [-0.2, -0.15) is 0 Å². The van der Waals surface area contributed by atoms with E-state index in [-0.39, 0.29) is 18.2 Å². The summed E-state index contributed by atoms with van der Waals surface area (Å²) in [4.78, 5) is 12.6. The van der Waals surface area contributed by atoms with E-state index < -0.39 is 11.2 Å². The number of fused-ring (bicyclic) bond motifs is 3. The number of hydrogen-bond donors (Lipinski definition) is 0. The van der Waals surface area contributed by atoms with E-state index in [0.717, 1.165) is 11.1 Å². The molecule has 0 N–H and O–H groups in total. The van der Waals surface area contributed by atoms with Crippen LogP contribution >= 0.6 is 0 Å². The van der Waals surface area contributed by atoms with Crippen LogP contribution in [0.5, 0.6) is 0 Å². The van der Waals surface area contributed by atoms with Gasteiger partial charge >= 0.3 is 5.97 Å². The van der Waals surface area contributed by atoms with E-state index in [4.69, 9.17) is 14.2 Å². The predicted molar refractivity (Wildman–Crippen MR) is 85.6 cm³/mol. The van der Waals surface area contributed by atoms with E-state index in [1.54, 1.807) is 0 Å². The molecule has 0 amide bonds. The second-order valence-corrected chi connectivity index (χ2v) is 6.92. The van der Waals surface area contributed by atoms with Gasteiger partial charge in [-0.3, -0.25) is 4.79 Å². The largest absolute Gasteiger partial charge is 0.468 e. The smallest absolute Gasteiger partial charge is 0.316 e. The molecular weight excluding hydrogens is 292 g/mol. The number of carbonyl (C=O) groups excluding carboxylic acids is 1. The minimum absolute atomic E-state index is 0.0501. The van der Waals surface area contributed by atoms with E-state index in [2.05, 4.69) is 12.1 Å². The summed E-state index contributed by atoms with van der Waals surface area (Å²) >= 11 is 0. The maximum absolute atomic E-state index is 12.6. The zero-order valence-corrected chi connectivity index (χ0v) is 13.8. The van der Waals surface area contributed by atoms with Crippen LogP contribution in [0.4, 0.5) is 0 Å². The Morgan fingerprint density at radius 1 is 1.17 bits per heavy atom. The molecule has 3 atom stereocenters. The van der Waals surface area contributed by atoms with Gasteiger partial charge in [0.05, 0.1) is 24.7 Å². The van der Waals surface area contributed by atoms with Crippen molar-refractivity contribution in [2.24, 2.45) is 5.41 Å². The van der Waals surface area contributed by atoms with Gasteiger partial charge in [-0.25, -0.2) is 0 Å². The van der Waals surface area contributed by atoms with Crippen LogP contribution < -0.4 is 0 Å². The predicted octanol–water partition coefficient (Wildman–Crippen LogP) is 3.10. The highest BCUT2D eigenvalue weighted by Crippen LogP contribution is 2.56. The van der Waals surface area contributed by atoms with Gasteiger partial charge in [0.25, 0.3) is 0 Å². The van der Waals surface area contributed by atoms with Crippen LogP contribution in [0.15, 0.2) is 30.3 Å². The van der Waals surface area contributed by atoms with Gasteiger partial charge in [0, 0.05) is 6.42 Å². The third-order valence-electron chi connectivity index (χ3n) is 5.59. The summed E-state index contributed by atoms with van der Waals surface area (Å²) in [5.74, 6) is -0.864. The fourth-order valence-electron chi connectivity index (χ4n) is 4.25. The number of rotatable bonds is 1. The number of hydrogen-bond acceptors (Lipinski definition) is 4. The van der Waals surface area contributed by atoms with Crippen molar-refractivity contribution in [3.8, 4) is 0 Å². The number of carbonyl (C=O) groups is 1. The first kappa shape index (κ1) is 14.9. The molecule has 1 aliphatic heterocycles. The number of benzene rings is 1. The zero-order chi connectivity index (χ0) is 16.2. The molecule has 1 fully saturated rings. The second kappa shape index (κ2) is 4.92. The standard InChI is InChI=1S/C19H22O4/c1-12-13(2)23-19(22-12)9-8-18(17(20)21-3)10-14-6-4-5-7-15(14)16(18)11-19/h4-7,11-13H,8-10H2,1-3H3. The second-order valence-electron chi connectivity index (χ2n) is 6.92. The molecule has 1 spiro atoms. The molecule has 122 valence electrons. The Morgan fingerprint density at radius 2 is 1.87 bits per heavy atom. The Kier molecular flexibility index (Phi) is 3.19. The first-order chi connectivity index (χ1) is 11.0. The van der Waals surface area contributed by atoms with Crippen LogP contribution in [0.3, 0.4) is 0 Å². The summed E-state index contributed by atoms with van der Waals surface area (Å²) in [5.41, 5.74) is 2.73. The van der Waals surface area contributed by atoms with Gasteiger partial charge in [0.1, 0.15) is 0 Å². The molecule has 23 heavy (non-hydrogen) atoms. The molecule has 1 heterocycles. The van der Waals surface area contributed by atoms with Crippen LogP contribution in [0, 0.1) is 5.41 Å². The van der Waals surface area contributed by atoms with Crippen molar-refractivity contribution in [1.82, 2.24) is 0 Å². The Hall–Kier alpha value is -1.65. The summed E-state index contributed by atoms with van der Waals surface area (Å²) < 4.78 is 17.4. The molecule has 0 radical (unpaired) electrons. The lowest BCUT2D eigenvalue weighted by molar-refractivity contribution is -0.160. The maximum Gasteiger partial charge on any atom is 0.316 e. The fraction of sp³-hybridized carbons (Fsp3) is 0.526. The van der Waals surface area contributed by atoms with Crippen molar-refractivity contribution < 1.29 is 19.0 Å². The van der Waals surface area contributed by atoms with Crippen molar-refractivity contribution in [2.75, 3.05) is 7.11 Å². The first-order valence-corrected chi connectivity index (χ1v) is 8.25. The average Bonchev–Trinajstić information content (AvgIpc) is 3.02. The first-order valence-electron chi connectivity index (χ1n) is 8.25. The van der Waals surface area contributed by atoms with Crippen LogP contribution in [-0.4, -0.2) is 31.1 Å². The molecule has 0 aromatic heterocycles. The van der Waals surface area contributed by atoms with Crippen LogP contribution in [-0.2, 0) is 25.4 Å². The summed E-state index contributed by atoms with van der Waals surface area (Å²) in [6.07, 6.45) is 4.19. The lowest BCUT2D eigenvalue weighted by Crippen LogP contribution is -2.42. The Labute approximate surface area is 136 Å². The molecule has 0 bridgehead atoms. The number of methoxy groups -OCH3 is 1. The van der Waals surface area contributed by atoms with Gasteiger partial charge < -0.3 is 14.2 Å². The lowest BCUT2D eigenvalue weighted by Gasteiger charge is -2.38. The Balaban J connectivity index is 1.85. The summed E-state index contributed by atoms with van der Waals surface area (Å²) in [6, 6.07) is 8.19. The summed E-state index contributed by atoms with van der Waals surface area (Å²) in [7, 11) is 1.47. The van der Waals surface area contributed by atoms with E-state index in [1.165, 1.54) is 12.7 Å². The van der Waals surface area contributed by atoms with E-state index in [0.29, 0.717) is 19.3 Å². The highest BCUT2D eigenvalue weighted by Gasteiger charge is 2.56. The number of ether oxygens (including phenoxy) is 3. The lowest BCUT2D eigenvalue weighted by atomic mass is 9.71. The minimum atomic E-state index is -0.705. The average molecular weight is 314 g/mol. The van der Waals surface area contributed by atoms with Crippen molar-refractivity contribution in [3.63, 3.8) is 0 Å². The Bertz CT molecular complexity index is 682. The highest BCUT2D eigenvalue weighted by atomic mass is 16.8. The molecule has 3 aliphatic rings. The number of esters is 1. The molecule has 4 rings (SSSR count). The van der Waals surface area contributed by atoms with Gasteiger partial charge in [-0.1, -0.05) is 24.3 Å². The molecule has 1 saturated heterocycles. The maximum atomic E-state index is 12.6. The van der Waals surface area contributed by atoms with Crippen LogP contribution in [0.2, 0.25) is 0 Å². The van der Waals surface area contributed by atoms with E-state index in [1.807, 2.05) is 32.1 Å². The highest BCUT2D eigenvalue weighted by molar-refractivity contribution is 5.97. The van der Waals surface area contributed by atoms with Crippen LogP contribution in [0.1, 0.15) is 37.8 Å². The third kappa shape index (κ3) is 2.01. The van der Waals surface area contributed by atoms with Crippen molar-refractivity contribution in [2.45, 2.75) is 51.1 Å². The molecule has 4 nitrogen and oxygen atoms in total. The van der Waals surface area contributed by atoms with Gasteiger partial charge in [0.2, 0.25) is 0 Å². The van der Waals surface area contributed by atoms with Gasteiger partial charge in [0.15, 0.2) is 5.79 Å². The Morgan fingerprint density at radius 3 is 2.57 bits per heavy atom. The van der Waals surface area contributed by atoms with E-state index >= 15 is 0 Å². The summed E-state index contributed by atoms with van der Waals surface area (Å²) in [6.45, 7) is 4.06. The van der Waals surface area contributed by atoms with E-state index in [9.17, 15) is 4.79 Å². The molecule has 1 aromatic rings. The molecule has 1 aromatic carbocycles. The molecule has 0 saturated carbocycles. The van der Waals surface area contributed by atoms with Crippen molar-refractivity contribution >= 4 is 11.5 Å². The SMILES string of the molecule is COC(=O)C12CCC3(C=C1c1ccccc1C2)OC(C)C(C)O3. The van der Waals surface area contributed by atoms with Crippen LogP contribution in [0.25, 0.3) is 5.57 Å². The van der Waals surface area contributed by atoms with Crippen molar-refractivity contribution in [1.29, 1.82) is 0 Å². The van der Waals surface area contributed by atoms with Gasteiger partial charge in [-0.15, -0.1) is 0 Å². The molecular formula is C19H22O4. The van der Waals surface area contributed by atoms with Crippen molar-refractivity contribution in [3.05, 3.63) is 41.5 Å². The molecule has 4 heteroatoms. The minimum Gasteiger partial charge on any atom is -0.468 e. The fourth-order valence-corrected chi connectivity index (χ4v) is 4.25. The molecule has 3 unspecified atom stereocenters. The third-order valence-corrected chi connectivity index (χ3v) is 5.59. The quantitative estimate of drug-likeness (QED) is 0.747. The topological polar surface area (TPSA) is 44.8 Å². The zero-order valence-electron chi connectivity index (χ0n) is 13.8. The summed E-state index contributed by atoms with van der Waals surface area (Å²) in [5, 5.41) is 0. The normalized spacial score (nSPS) is 38.1. The monoisotopic (exact) mass is 314 g/mol. The molecule has 2 aliphatic carbocycles.